The van der Waals surface area contributed by atoms with Crippen LogP contribution in [0.3, 0.4) is 0 Å². The smallest absolute Gasteiger partial charge is 0.331 e. The number of carbonyl (C=O) groups excluding carboxylic acids is 1. The maximum absolute atomic E-state index is 13.1. The number of allylic oxidation sites excluding steroid dienone is 1. The first-order chi connectivity index (χ1) is 21.2. The molecule has 0 aliphatic heterocycles. The Morgan fingerprint density at radius 2 is 1.71 bits per heavy atom. The van der Waals surface area contributed by atoms with Gasteiger partial charge in [-0.25, -0.2) is 4.79 Å². The summed E-state index contributed by atoms with van der Waals surface area (Å²) < 4.78 is 11.4. The molecule has 5 aliphatic carbocycles. The zero-order valence-corrected chi connectivity index (χ0v) is 29.0. The van der Waals surface area contributed by atoms with E-state index in [4.69, 9.17) is 9.47 Å². The number of rotatable bonds is 6. The number of aromatic hydroxyl groups is 1. The molecule has 0 radical (unpaired) electrons. The van der Waals surface area contributed by atoms with E-state index in [1.807, 2.05) is 0 Å². The number of esters is 1. The molecule has 10 unspecified atom stereocenters. The Morgan fingerprint density at radius 1 is 0.956 bits per heavy atom. The van der Waals surface area contributed by atoms with Crippen molar-refractivity contribution < 1.29 is 24.5 Å². The first kappa shape index (κ1) is 32.7. The Balaban J connectivity index is 1.22. The lowest BCUT2D eigenvalue weighted by molar-refractivity contribution is -0.251. The van der Waals surface area contributed by atoms with Crippen molar-refractivity contribution in [3.05, 3.63) is 42.0 Å². The highest BCUT2D eigenvalue weighted by Gasteiger charge is 2.71. The standard InChI is InChI=1S/C40H58O5/c1-25(2)27-15-20-40(24-41)22-21-38(6)28(35(27)40)11-13-32-37(5)18-17-33(36(3,4)31(37)16-19-39(32,38)7)45-34(43)14-10-26-9-12-29(42)30(23-26)44-8/h9-10,12,14,23,27-28,31-33,35,41-42H,1,11,13,15-22,24H2,2-8H3. The summed E-state index contributed by atoms with van der Waals surface area (Å²) in [6.45, 7) is 19.6. The average Bonchev–Trinajstić information content (AvgIpc) is 3.39. The van der Waals surface area contributed by atoms with Gasteiger partial charge in [0.05, 0.1) is 7.11 Å². The fourth-order valence-electron chi connectivity index (χ4n) is 12.9. The van der Waals surface area contributed by atoms with E-state index in [-0.39, 0.29) is 44.9 Å². The quantitative estimate of drug-likeness (QED) is 0.189. The summed E-state index contributed by atoms with van der Waals surface area (Å²) in [5.74, 6) is 3.04. The van der Waals surface area contributed by atoms with Gasteiger partial charge in [0, 0.05) is 18.1 Å². The van der Waals surface area contributed by atoms with Crippen molar-refractivity contribution in [3.8, 4) is 11.5 Å². The van der Waals surface area contributed by atoms with Crippen molar-refractivity contribution in [1.82, 2.24) is 0 Å². The summed E-state index contributed by atoms with van der Waals surface area (Å²) in [6.07, 6.45) is 14.8. The second-order valence-corrected chi connectivity index (χ2v) is 17.3. The predicted octanol–water partition coefficient (Wildman–Crippen LogP) is 8.98. The summed E-state index contributed by atoms with van der Waals surface area (Å²) in [7, 11) is 1.51. The molecule has 10 atom stereocenters. The van der Waals surface area contributed by atoms with E-state index >= 15 is 0 Å². The Hall–Kier alpha value is -2.27. The fourth-order valence-corrected chi connectivity index (χ4v) is 12.9. The molecule has 0 bridgehead atoms. The van der Waals surface area contributed by atoms with Crippen LogP contribution in [0.5, 0.6) is 11.5 Å². The number of hydrogen-bond donors (Lipinski definition) is 2. The van der Waals surface area contributed by atoms with Gasteiger partial charge < -0.3 is 19.7 Å². The number of methoxy groups -OCH3 is 1. The Labute approximate surface area is 271 Å². The molecule has 0 saturated heterocycles. The molecule has 1 aromatic rings. The summed E-state index contributed by atoms with van der Waals surface area (Å²) >= 11 is 0. The molecular formula is C40H58O5. The number of fused-ring (bicyclic) bond motifs is 7. The lowest BCUT2D eigenvalue weighted by Crippen LogP contribution is -2.67. The number of hydrogen-bond acceptors (Lipinski definition) is 5. The minimum absolute atomic E-state index is 0.0756. The summed E-state index contributed by atoms with van der Waals surface area (Å²) in [6, 6.07) is 5.04. The highest BCUT2D eigenvalue weighted by Crippen LogP contribution is 2.77. The van der Waals surface area contributed by atoms with Gasteiger partial charge in [0.25, 0.3) is 0 Å². The SMILES string of the molecule is C=C(C)C1CCC2(CO)CCC3(C)C(CCC4C5(C)CCC(OC(=O)C=Cc6ccc(O)c(OC)c6)C(C)(C)C5CCC43C)C12. The summed E-state index contributed by atoms with van der Waals surface area (Å²) in [5, 5.41) is 20.7. The molecule has 0 heterocycles. The number of phenols is 1. The molecular weight excluding hydrogens is 560 g/mol. The van der Waals surface area contributed by atoms with Gasteiger partial charge in [-0.05, 0) is 146 Å². The van der Waals surface area contributed by atoms with E-state index in [0.717, 1.165) is 31.2 Å². The zero-order valence-electron chi connectivity index (χ0n) is 29.0. The van der Waals surface area contributed by atoms with Crippen molar-refractivity contribution in [2.45, 2.75) is 112 Å². The molecule has 1 aromatic carbocycles. The Kier molecular flexibility index (Phi) is 8.11. The normalized spacial score (nSPS) is 43.5. The van der Waals surface area contributed by atoms with Crippen molar-refractivity contribution in [2.24, 2.45) is 56.7 Å². The van der Waals surface area contributed by atoms with Crippen LogP contribution in [0, 0.1) is 56.7 Å². The van der Waals surface area contributed by atoms with E-state index in [1.54, 1.807) is 24.3 Å². The third-order valence-corrected chi connectivity index (χ3v) is 15.4. The molecule has 45 heavy (non-hydrogen) atoms. The number of ether oxygens (including phenoxy) is 2. The van der Waals surface area contributed by atoms with E-state index < -0.39 is 0 Å². The molecule has 0 amide bonds. The lowest BCUT2D eigenvalue weighted by Gasteiger charge is -2.73. The van der Waals surface area contributed by atoms with Crippen LogP contribution in [-0.4, -0.2) is 36.0 Å². The number of benzene rings is 1. The van der Waals surface area contributed by atoms with E-state index in [2.05, 4.69) is 48.1 Å². The van der Waals surface area contributed by atoms with E-state index in [9.17, 15) is 15.0 Å². The van der Waals surface area contributed by atoms with Gasteiger partial charge in [-0.15, -0.1) is 0 Å². The monoisotopic (exact) mass is 618 g/mol. The Bertz CT molecular complexity index is 1360. The first-order valence-electron chi connectivity index (χ1n) is 17.7. The minimum atomic E-state index is -0.310. The maximum Gasteiger partial charge on any atom is 0.331 e. The molecule has 5 nitrogen and oxygen atoms in total. The lowest BCUT2D eigenvalue weighted by atomic mass is 9.32. The van der Waals surface area contributed by atoms with Gasteiger partial charge in [0.1, 0.15) is 6.10 Å². The third kappa shape index (κ3) is 4.75. The molecule has 5 saturated carbocycles. The molecule has 6 rings (SSSR count). The molecule has 5 heteroatoms. The van der Waals surface area contributed by atoms with Crippen molar-refractivity contribution >= 4 is 12.0 Å². The highest BCUT2D eigenvalue weighted by atomic mass is 16.5. The number of aliphatic hydroxyl groups is 1. The summed E-state index contributed by atoms with van der Waals surface area (Å²) in [4.78, 5) is 13.1. The molecule has 5 aliphatic rings. The maximum atomic E-state index is 13.1. The number of aliphatic hydroxyl groups excluding tert-OH is 1. The van der Waals surface area contributed by atoms with Gasteiger partial charge in [0.15, 0.2) is 11.5 Å². The average molecular weight is 619 g/mol. The van der Waals surface area contributed by atoms with Gasteiger partial charge >= 0.3 is 5.97 Å². The number of carbonyl (C=O) groups is 1. The second kappa shape index (κ2) is 11.2. The first-order valence-corrected chi connectivity index (χ1v) is 17.7. The van der Waals surface area contributed by atoms with Crippen LogP contribution in [0.15, 0.2) is 36.4 Å². The fraction of sp³-hybridized carbons (Fsp3) is 0.725. The van der Waals surface area contributed by atoms with Crippen LogP contribution < -0.4 is 4.74 Å². The van der Waals surface area contributed by atoms with Gasteiger partial charge in [-0.3, -0.25) is 0 Å². The molecule has 2 N–H and O–H groups in total. The summed E-state index contributed by atoms with van der Waals surface area (Å²) in [5.41, 5.74) is 2.81. The van der Waals surface area contributed by atoms with Crippen LogP contribution in [0.2, 0.25) is 0 Å². The third-order valence-electron chi connectivity index (χ3n) is 15.4. The minimum Gasteiger partial charge on any atom is -0.504 e. The van der Waals surface area contributed by atoms with Gasteiger partial charge in [-0.1, -0.05) is 52.8 Å². The molecule has 248 valence electrons. The number of phenolic OH excluding ortho intramolecular Hbond substituents is 1. The van der Waals surface area contributed by atoms with E-state index in [1.165, 1.54) is 57.3 Å². The second-order valence-electron chi connectivity index (χ2n) is 17.3. The topological polar surface area (TPSA) is 76.0 Å². The largest absolute Gasteiger partial charge is 0.504 e. The predicted molar refractivity (Wildman–Crippen MR) is 180 cm³/mol. The van der Waals surface area contributed by atoms with E-state index in [0.29, 0.717) is 41.9 Å². The molecule has 0 aromatic heterocycles. The van der Waals surface area contributed by atoms with Crippen LogP contribution >= 0.6 is 0 Å². The van der Waals surface area contributed by atoms with Crippen molar-refractivity contribution in [2.75, 3.05) is 13.7 Å². The van der Waals surface area contributed by atoms with Gasteiger partial charge in [-0.2, -0.15) is 0 Å². The molecule has 5 fully saturated rings. The van der Waals surface area contributed by atoms with Crippen molar-refractivity contribution in [3.63, 3.8) is 0 Å². The zero-order chi connectivity index (χ0) is 32.6. The van der Waals surface area contributed by atoms with Crippen LogP contribution in [0.4, 0.5) is 0 Å². The van der Waals surface area contributed by atoms with Crippen LogP contribution in [0.25, 0.3) is 6.08 Å². The molecule has 0 spiro atoms. The van der Waals surface area contributed by atoms with Gasteiger partial charge in [0.2, 0.25) is 0 Å². The van der Waals surface area contributed by atoms with Crippen LogP contribution in [0.1, 0.15) is 111 Å². The highest BCUT2D eigenvalue weighted by molar-refractivity contribution is 5.87. The van der Waals surface area contributed by atoms with Crippen molar-refractivity contribution in [1.29, 1.82) is 0 Å². The van der Waals surface area contributed by atoms with Crippen LogP contribution in [-0.2, 0) is 9.53 Å². The Morgan fingerprint density at radius 3 is 2.40 bits per heavy atom.